The molecule has 0 radical (unpaired) electrons. The summed E-state index contributed by atoms with van der Waals surface area (Å²) in [5.41, 5.74) is 0.182. The van der Waals surface area contributed by atoms with Gasteiger partial charge in [-0.05, 0) is 18.6 Å². The molecule has 0 saturated carbocycles. The lowest BCUT2D eigenvalue weighted by Gasteiger charge is -2.10. The number of para-hydroxylation sites is 1. The Kier molecular flexibility index (Phi) is 4.56. The second-order valence-corrected chi connectivity index (χ2v) is 4.76. The molecule has 0 atom stereocenters. The van der Waals surface area contributed by atoms with Crippen molar-refractivity contribution in [2.24, 2.45) is 0 Å². The summed E-state index contributed by atoms with van der Waals surface area (Å²) < 4.78 is 13.7. The van der Waals surface area contributed by atoms with Crippen LogP contribution in [0.4, 0.5) is 15.9 Å². The molecule has 0 aliphatic heterocycles. The van der Waals surface area contributed by atoms with E-state index < -0.39 is 5.82 Å². The molecule has 0 saturated heterocycles. The third kappa shape index (κ3) is 3.55. The SMILES string of the molecule is CCCc1nc(Cl)cc(Nc2c(F)cccc2Cl)n1. The number of hydrogen-bond donors (Lipinski definition) is 1. The van der Waals surface area contributed by atoms with E-state index in [1.54, 1.807) is 6.07 Å². The molecular weight excluding hydrogens is 288 g/mol. The van der Waals surface area contributed by atoms with E-state index in [0.29, 0.717) is 23.2 Å². The Hall–Kier alpha value is -1.39. The van der Waals surface area contributed by atoms with Gasteiger partial charge in [0.1, 0.15) is 22.6 Å². The number of hydrogen-bond acceptors (Lipinski definition) is 3. The second-order valence-electron chi connectivity index (χ2n) is 3.96. The van der Waals surface area contributed by atoms with E-state index in [1.807, 2.05) is 6.92 Å². The van der Waals surface area contributed by atoms with Crippen molar-refractivity contribution >= 4 is 34.7 Å². The van der Waals surface area contributed by atoms with Crippen molar-refractivity contribution in [2.45, 2.75) is 19.8 Å². The van der Waals surface area contributed by atoms with E-state index in [0.717, 1.165) is 6.42 Å². The number of anilines is 2. The Labute approximate surface area is 120 Å². The van der Waals surface area contributed by atoms with Crippen LogP contribution in [0.2, 0.25) is 10.2 Å². The van der Waals surface area contributed by atoms with E-state index >= 15 is 0 Å². The number of aryl methyl sites for hydroxylation is 1. The minimum absolute atomic E-state index is 0.182. The zero-order chi connectivity index (χ0) is 13.8. The number of nitrogens with one attached hydrogen (secondary N) is 1. The lowest BCUT2D eigenvalue weighted by atomic mass is 10.3. The summed E-state index contributed by atoms with van der Waals surface area (Å²) in [6, 6.07) is 5.99. The monoisotopic (exact) mass is 299 g/mol. The van der Waals surface area contributed by atoms with E-state index in [4.69, 9.17) is 23.2 Å². The van der Waals surface area contributed by atoms with Gasteiger partial charge < -0.3 is 5.32 Å². The van der Waals surface area contributed by atoms with Gasteiger partial charge in [0.2, 0.25) is 0 Å². The highest BCUT2D eigenvalue weighted by atomic mass is 35.5. The summed E-state index contributed by atoms with van der Waals surface area (Å²) in [6.07, 6.45) is 1.61. The molecule has 1 aromatic carbocycles. The van der Waals surface area contributed by atoms with Crippen LogP contribution in [0.5, 0.6) is 0 Å². The van der Waals surface area contributed by atoms with E-state index in [9.17, 15) is 4.39 Å². The molecule has 0 aliphatic carbocycles. The van der Waals surface area contributed by atoms with Crippen LogP contribution in [0.25, 0.3) is 0 Å². The fourth-order valence-corrected chi connectivity index (χ4v) is 2.02. The number of aromatic nitrogens is 2. The van der Waals surface area contributed by atoms with Gasteiger partial charge in [-0.25, -0.2) is 14.4 Å². The summed E-state index contributed by atoms with van der Waals surface area (Å²) in [4.78, 5) is 8.37. The van der Waals surface area contributed by atoms with Gasteiger partial charge in [0.15, 0.2) is 0 Å². The molecule has 0 unspecified atom stereocenters. The molecule has 1 aromatic heterocycles. The van der Waals surface area contributed by atoms with Gasteiger partial charge in [-0.1, -0.05) is 36.2 Å². The molecule has 0 bridgehead atoms. The highest BCUT2D eigenvalue weighted by Gasteiger charge is 2.09. The van der Waals surface area contributed by atoms with Gasteiger partial charge in [-0.3, -0.25) is 0 Å². The molecule has 3 nitrogen and oxygen atoms in total. The van der Waals surface area contributed by atoms with Gasteiger partial charge >= 0.3 is 0 Å². The van der Waals surface area contributed by atoms with Crippen molar-refractivity contribution < 1.29 is 4.39 Å². The predicted octanol–water partition coefficient (Wildman–Crippen LogP) is 4.62. The molecular formula is C13H12Cl2FN3. The van der Waals surface area contributed by atoms with E-state index in [1.165, 1.54) is 18.2 Å². The van der Waals surface area contributed by atoms with Gasteiger partial charge in [-0.15, -0.1) is 0 Å². The summed E-state index contributed by atoms with van der Waals surface area (Å²) >= 11 is 11.9. The first-order chi connectivity index (χ1) is 9.10. The summed E-state index contributed by atoms with van der Waals surface area (Å²) in [7, 11) is 0. The van der Waals surface area contributed by atoms with Crippen LogP contribution in [0.15, 0.2) is 24.3 Å². The minimum Gasteiger partial charge on any atom is -0.336 e. The Morgan fingerprint density at radius 2 is 2.05 bits per heavy atom. The maximum absolute atomic E-state index is 13.7. The lowest BCUT2D eigenvalue weighted by Crippen LogP contribution is -2.02. The number of nitrogens with zero attached hydrogens (tertiary/aromatic N) is 2. The molecule has 0 spiro atoms. The third-order valence-corrected chi connectivity index (χ3v) is 2.94. The van der Waals surface area contributed by atoms with Crippen LogP contribution >= 0.6 is 23.2 Å². The molecule has 0 fully saturated rings. The Morgan fingerprint density at radius 1 is 1.26 bits per heavy atom. The van der Waals surface area contributed by atoms with Crippen LogP contribution in [0.3, 0.4) is 0 Å². The van der Waals surface area contributed by atoms with Gasteiger partial charge in [-0.2, -0.15) is 0 Å². The maximum Gasteiger partial charge on any atom is 0.148 e. The van der Waals surface area contributed by atoms with Crippen molar-refractivity contribution in [2.75, 3.05) is 5.32 Å². The van der Waals surface area contributed by atoms with Crippen molar-refractivity contribution in [1.29, 1.82) is 0 Å². The first-order valence-electron chi connectivity index (χ1n) is 5.84. The molecule has 1 N–H and O–H groups in total. The highest BCUT2D eigenvalue weighted by Crippen LogP contribution is 2.28. The Bertz CT molecular complexity index is 570. The van der Waals surface area contributed by atoms with Gasteiger partial charge in [0.25, 0.3) is 0 Å². The molecule has 2 rings (SSSR count). The standard InChI is InChI=1S/C13H12Cl2FN3/c1-2-4-11-17-10(15)7-12(18-11)19-13-8(14)5-3-6-9(13)16/h3,5-7H,2,4H2,1H3,(H,17,18,19). The van der Waals surface area contributed by atoms with Gasteiger partial charge in [0, 0.05) is 12.5 Å². The van der Waals surface area contributed by atoms with Crippen LogP contribution in [0.1, 0.15) is 19.2 Å². The Morgan fingerprint density at radius 3 is 2.74 bits per heavy atom. The van der Waals surface area contributed by atoms with E-state index in [-0.39, 0.29) is 10.7 Å². The molecule has 6 heteroatoms. The number of rotatable bonds is 4. The normalized spacial score (nSPS) is 10.5. The minimum atomic E-state index is -0.445. The van der Waals surface area contributed by atoms with Crippen molar-refractivity contribution in [3.05, 3.63) is 46.1 Å². The summed E-state index contributed by atoms with van der Waals surface area (Å²) in [6.45, 7) is 2.02. The molecule has 0 aliphatic rings. The summed E-state index contributed by atoms with van der Waals surface area (Å²) in [5.74, 6) is 0.597. The fraction of sp³-hybridized carbons (Fsp3) is 0.231. The Balaban J connectivity index is 2.33. The molecule has 100 valence electrons. The average molecular weight is 300 g/mol. The largest absolute Gasteiger partial charge is 0.336 e. The predicted molar refractivity (Wildman–Crippen MR) is 75.7 cm³/mol. The third-order valence-electron chi connectivity index (χ3n) is 2.43. The lowest BCUT2D eigenvalue weighted by molar-refractivity contribution is 0.632. The molecule has 0 amide bonds. The first-order valence-corrected chi connectivity index (χ1v) is 6.60. The van der Waals surface area contributed by atoms with Gasteiger partial charge in [0.05, 0.1) is 10.7 Å². The zero-order valence-electron chi connectivity index (χ0n) is 10.3. The van der Waals surface area contributed by atoms with E-state index in [2.05, 4.69) is 15.3 Å². The van der Waals surface area contributed by atoms with Crippen molar-refractivity contribution in [1.82, 2.24) is 9.97 Å². The zero-order valence-corrected chi connectivity index (χ0v) is 11.8. The second kappa shape index (κ2) is 6.17. The molecule has 2 aromatic rings. The maximum atomic E-state index is 13.7. The smallest absolute Gasteiger partial charge is 0.148 e. The highest BCUT2D eigenvalue weighted by molar-refractivity contribution is 6.33. The summed E-state index contributed by atoms with van der Waals surface area (Å²) in [5, 5.41) is 3.44. The molecule has 19 heavy (non-hydrogen) atoms. The van der Waals surface area contributed by atoms with Crippen LogP contribution in [-0.4, -0.2) is 9.97 Å². The fourth-order valence-electron chi connectivity index (χ4n) is 1.61. The number of benzene rings is 1. The average Bonchev–Trinajstić information content (AvgIpc) is 2.34. The van der Waals surface area contributed by atoms with Crippen LogP contribution in [-0.2, 0) is 6.42 Å². The van der Waals surface area contributed by atoms with Crippen LogP contribution < -0.4 is 5.32 Å². The van der Waals surface area contributed by atoms with Crippen LogP contribution in [0, 0.1) is 5.82 Å². The first kappa shape index (κ1) is 14.0. The van der Waals surface area contributed by atoms with Crippen molar-refractivity contribution in [3.63, 3.8) is 0 Å². The quantitative estimate of drug-likeness (QED) is 0.837. The van der Waals surface area contributed by atoms with Crippen molar-refractivity contribution in [3.8, 4) is 0 Å². The molecule has 1 heterocycles. The number of halogens is 3. The topological polar surface area (TPSA) is 37.8 Å².